The minimum Gasteiger partial charge on any atom is -0.503 e. The molecule has 2 aromatic rings. The maximum absolute atomic E-state index is 11.4. The number of hydrogen-bond acceptors (Lipinski definition) is 3. The van der Waals surface area contributed by atoms with Gasteiger partial charge in [-0.25, -0.2) is 0 Å². The van der Waals surface area contributed by atoms with Gasteiger partial charge in [0, 0.05) is 25.0 Å². The van der Waals surface area contributed by atoms with Crippen molar-refractivity contribution in [3.63, 3.8) is 0 Å². The summed E-state index contributed by atoms with van der Waals surface area (Å²) in [6.07, 6.45) is 5.14. The van der Waals surface area contributed by atoms with Crippen LogP contribution in [0.4, 0.5) is 0 Å². The summed E-state index contributed by atoms with van der Waals surface area (Å²) in [5.41, 5.74) is 1.35. The van der Waals surface area contributed by atoms with Crippen LogP contribution < -0.4 is 10.2 Å². The highest BCUT2D eigenvalue weighted by atomic mass is 16.5. The summed E-state index contributed by atoms with van der Waals surface area (Å²) >= 11 is 0. The molecule has 1 aromatic carbocycles. The highest BCUT2D eigenvalue weighted by Crippen LogP contribution is 2.14. The molecule has 0 saturated heterocycles. The van der Waals surface area contributed by atoms with Crippen LogP contribution in [0.3, 0.4) is 0 Å². The van der Waals surface area contributed by atoms with E-state index in [0.717, 1.165) is 17.0 Å². The molecule has 104 valence electrons. The molecule has 1 heterocycles. The van der Waals surface area contributed by atoms with Gasteiger partial charge >= 0.3 is 0 Å². The second-order valence-electron chi connectivity index (χ2n) is 4.39. The number of aromatic nitrogens is 1. The molecular formula is C16H17NO3. The first-order valence-electron chi connectivity index (χ1n) is 6.40. The zero-order valence-corrected chi connectivity index (χ0v) is 11.5. The van der Waals surface area contributed by atoms with Crippen LogP contribution >= 0.6 is 0 Å². The molecule has 1 N–H and O–H groups in total. The van der Waals surface area contributed by atoms with Crippen molar-refractivity contribution >= 4 is 12.2 Å². The molecule has 0 bridgehead atoms. The molecule has 0 aliphatic heterocycles. The first-order valence-corrected chi connectivity index (χ1v) is 6.40. The molecule has 0 aliphatic carbocycles. The van der Waals surface area contributed by atoms with E-state index >= 15 is 0 Å². The molecule has 4 heteroatoms. The monoisotopic (exact) mass is 271 g/mol. The second-order valence-corrected chi connectivity index (χ2v) is 4.39. The molecular weight excluding hydrogens is 254 g/mol. The lowest BCUT2D eigenvalue weighted by Crippen LogP contribution is -2.06. The minimum absolute atomic E-state index is 0.245. The van der Waals surface area contributed by atoms with Crippen molar-refractivity contribution in [3.8, 4) is 11.5 Å². The van der Waals surface area contributed by atoms with Crippen LogP contribution in [0.2, 0.25) is 0 Å². The quantitative estimate of drug-likeness (QED) is 0.930. The Morgan fingerprint density at radius 2 is 1.95 bits per heavy atom. The first-order chi connectivity index (χ1) is 9.60. The predicted octanol–water partition coefficient (Wildman–Crippen LogP) is 2.66. The van der Waals surface area contributed by atoms with E-state index in [1.54, 1.807) is 11.6 Å². The minimum atomic E-state index is -0.380. The van der Waals surface area contributed by atoms with Crippen molar-refractivity contribution in [1.29, 1.82) is 0 Å². The molecule has 20 heavy (non-hydrogen) atoms. The van der Waals surface area contributed by atoms with Crippen molar-refractivity contribution in [3.05, 3.63) is 58.0 Å². The van der Waals surface area contributed by atoms with Crippen LogP contribution in [0.25, 0.3) is 12.2 Å². The van der Waals surface area contributed by atoms with E-state index < -0.39 is 0 Å². The number of aromatic hydroxyl groups is 1. The summed E-state index contributed by atoms with van der Waals surface area (Å²) in [5, 5.41) is 9.32. The van der Waals surface area contributed by atoms with Crippen molar-refractivity contribution in [2.75, 3.05) is 6.61 Å². The van der Waals surface area contributed by atoms with E-state index in [9.17, 15) is 9.90 Å². The third-order valence-corrected chi connectivity index (χ3v) is 2.89. The zero-order valence-electron chi connectivity index (χ0n) is 11.5. The van der Waals surface area contributed by atoms with Crippen LogP contribution in [0.1, 0.15) is 18.2 Å². The van der Waals surface area contributed by atoms with Gasteiger partial charge in [-0.05, 0) is 30.7 Å². The molecule has 0 unspecified atom stereocenters. The fourth-order valence-corrected chi connectivity index (χ4v) is 1.82. The molecule has 2 rings (SSSR count). The summed E-state index contributed by atoms with van der Waals surface area (Å²) < 4.78 is 7.07. The topological polar surface area (TPSA) is 51.5 Å². The van der Waals surface area contributed by atoms with Gasteiger partial charge in [0.15, 0.2) is 5.75 Å². The summed E-state index contributed by atoms with van der Waals surface area (Å²) in [4.78, 5) is 11.4. The van der Waals surface area contributed by atoms with Gasteiger partial charge in [-0.3, -0.25) is 4.79 Å². The molecule has 0 saturated carbocycles. The number of hydrogen-bond donors (Lipinski definition) is 1. The number of aryl methyl sites for hydroxylation is 1. The Labute approximate surface area is 117 Å². The fourth-order valence-electron chi connectivity index (χ4n) is 1.82. The number of rotatable bonds is 4. The molecule has 0 fully saturated rings. The second kappa shape index (κ2) is 6.10. The molecule has 0 spiro atoms. The van der Waals surface area contributed by atoms with E-state index in [-0.39, 0.29) is 11.2 Å². The lowest BCUT2D eigenvalue weighted by Gasteiger charge is -2.05. The Kier molecular flexibility index (Phi) is 4.25. The molecule has 0 amide bonds. The lowest BCUT2D eigenvalue weighted by atomic mass is 10.2. The molecule has 0 radical (unpaired) electrons. The maximum Gasteiger partial charge on any atom is 0.223 e. The number of pyridine rings is 1. The third kappa shape index (κ3) is 3.29. The summed E-state index contributed by atoms with van der Waals surface area (Å²) in [7, 11) is 1.77. The number of nitrogens with zero attached hydrogens (tertiary/aromatic N) is 1. The predicted molar refractivity (Wildman–Crippen MR) is 79.9 cm³/mol. The summed E-state index contributed by atoms with van der Waals surface area (Å²) in [5.74, 6) is 0.590. The smallest absolute Gasteiger partial charge is 0.223 e. The Balaban J connectivity index is 2.21. The molecule has 1 aromatic heterocycles. The van der Waals surface area contributed by atoms with Gasteiger partial charge < -0.3 is 14.4 Å². The Morgan fingerprint density at radius 3 is 2.60 bits per heavy atom. The van der Waals surface area contributed by atoms with Crippen LogP contribution in [-0.2, 0) is 7.05 Å². The largest absolute Gasteiger partial charge is 0.503 e. The van der Waals surface area contributed by atoms with Gasteiger partial charge in [0.1, 0.15) is 5.75 Å². The van der Waals surface area contributed by atoms with Gasteiger partial charge in [-0.15, -0.1) is 0 Å². The number of ether oxygens (including phenoxy) is 1. The molecule has 0 aliphatic rings. The van der Waals surface area contributed by atoms with E-state index in [1.165, 1.54) is 12.3 Å². The van der Waals surface area contributed by atoms with Crippen LogP contribution in [0.5, 0.6) is 11.5 Å². The van der Waals surface area contributed by atoms with E-state index in [4.69, 9.17) is 4.74 Å². The average molecular weight is 271 g/mol. The van der Waals surface area contributed by atoms with Crippen LogP contribution in [-0.4, -0.2) is 16.3 Å². The Morgan fingerprint density at radius 1 is 1.25 bits per heavy atom. The summed E-state index contributed by atoms with van der Waals surface area (Å²) in [6, 6.07) is 9.10. The molecule has 4 nitrogen and oxygen atoms in total. The first kappa shape index (κ1) is 13.9. The fraction of sp³-hybridized carbons (Fsp3) is 0.188. The van der Waals surface area contributed by atoms with Gasteiger partial charge in [-0.2, -0.15) is 0 Å². The Bertz CT molecular complexity index is 669. The SMILES string of the molecule is CCOc1ccc(/C=C/c2cc(=O)c(O)cn2C)cc1. The van der Waals surface area contributed by atoms with Crippen molar-refractivity contribution in [2.45, 2.75) is 6.92 Å². The highest BCUT2D eigenvalue weighted by Gasteiger charge is 2.00. The van der Waals surface area contributed by atoms with Crippen molar-refractivity contribution < 1.29 is 9.84 Å². The lowest BCUT2D eigenvalue weighted by molar-refractivity contribution is 0.340. The van der Waals surface area contributed by atoms with Gasteiger partial charge in [0.05, 0.1) is 6.61 Å². The van der Waals surface area contributed by atoms with Gasteiger partial charge in [0.2, 0.25) is 5.43 Å². The third-order valence-electron chi connectivity index (χ3n) is 2.89. The average Bonchev–Trinajstić information content (AvgIpc) is 2.43. The summed E-state index contributed by atoms with van der Waals surface area (Å²) in [6.45, 7) is 2.59. The zero-order chi connectivity index (χ0) is 14.5. The standard InChI is InChI=1S/C16H17NO3/c1-3-20-14-8-5-12(6-9-14)4-7-13-10-15(18)16(19)11-17(13)2/h4-11,19H,3H2,1-2H3/b7-4+. The highest BCUT2D eigenvalue weighted by molar-refractivity contribution is 5.68. The van der Waals surface area contributed by atoms with E-state index in [0.29, 0.717) is 6.61 Å². The molecule has 0 atom stereocenters. The number of benzene rings is 1. The van der Waals surface area contributed by atoms with Crippen LogP contribution in [0.15, 0.2) is 41.3 Å². The normalized spacial score (nSPS) is 10.9. The van der Waals surface area contributed by atoms with Crippen molar-refractivity contribution in [2.24, 2.45) is 7.05 Å². The maximum atomic E-state index is 11.4. The van der Waals surface area contributed by atoms with E-state index in [2.05, 4.69) is 0 Å². The van der Waals surface area contributed by atoms with Crippen molar-refractivity contribution in [1.82, 2.24) is 4.57 Å². The van der Waals surface area contributed by atoms with Gasteiger partial charge in [-0.1, -0.05) is 18.2 Å². The van der Waals surface area contributed by atoms with Gasteiger partial charge in [0.25, 0.3) is 0 Å². The Hall–Kier alpha value is -2.49. The van der Waals surface area contributed by atoms with Crippen LogP contribution in [0, 0.1) is 0 Å². The van der Waals surface area contributed by atoms with E-state index in [1.807, 2.05) is 43.3 Å².